The van der Waals surface area contributed by atoms with Crippen molar-refractivity contribution < 1.29 is 67.7 Å². The van der Waals surface area contributed by atoms with Crippen molar-refractivity contribution in [3.8, 4) is 0 Å². The van der Waals surface area contributed by atoms with Crippen LogP contribution in [0.5, 0.6) is 0 Å². The minimum Gasteiger partial charge on any atom is -0.456 e. The number of amides is 1. The summed E-state index contributed by atoms with van der Waals surface area (Å²) in [6, 6.07) is 15.2. The molecule has 64 heavy (non-hydrogen) atoms. The number of fused-ring (bicyclic) bond motifs is 5. The average Bonchev–Trinajstić information content (AvgIpc) is 3.25. The molecule has 5 aliphatic rings. The second-order valence-corrected chi connectivity index (χ2v) is 19.7. The Hall–Kier alpha value is -4.55. The van der Waals surface area contributed by atoms with E-state index in [0.29, 0.717) is 37.4 Å². The van der Waals surface area contributed by atoms with Crippen molar-refractivity contribution in [2.75, 3.05) is 39.6 Å². The van der Waals surface area contributed by atoms with Gasteiger partial charge >= 0.3 is 17.9 Å². The first kappa shape index (κ1) is 47.4. The number of benzene rings is 2. The summed E-state index contributed by atoms with van der Waals surface area (Å²) in [5.74, 6) is -5.29. The van der Waals surface area contributed by atoms with Gasteiger partial charge in [-0.05, 0) is 42.7 Å². The lowest BCUT2D eigenvalue weighted by Gasteiger charge is -2.67. The van der Waals surface area contributed by atoms with Gasteiger partial charge in [0.25, 0.3) is 0 Å². The minimum atomic E-state index is -2.29. The quantitative estimate of drug-likeness (QED) is 0.145. The summed E-state index contributed by atoms with van der Waals surface area (Å²) in [5, 5.41) is 40.8. The summed E-state index contributed by atoms with van der Waals surface area (Å²) in [5.41, 5.74) is -7.26. The summed E-state index contributed by atoms with van der Waals surface area (Å²) in [6.45, 7) is 14.3. The van der Waals surface area contributed by atoms with Crippen LogP contribution in [0, 0.1) is 22.2 Å². The summed E-state index contributed by atoms with van der Waals surface area (Å²) < 4.78 is 37.1. The lowest BCUT2D eigenvalue weighted by molar-refractivity contribution is -0.346. The molecule has 4 fully saturated rings. The second kappa shape index (κ2) is 17.7. The van der Waals surface area contributed by atoms with Crippen molar-refractivity contribution in [3.05, 3.63) is 82.9 Å². The lowest BCUT2D eigenvalue weighted by atomic mass is 9.44. The van der Waals surface area contributed by atoms with Gasteiger partial charge < -0.3 is 49.1 Å². The number of nitrogens with zero attached hydrogens (tertiary/aromatic N) is 1. The SMILES string of the molecule is CC(=O)O[C@@]12CO[C@@H]1C[C@H](O)[C@@]1(C)C(=O)[C@H](OCN3CCOCC3)C3=C(C)[C@@H](OC(=O)[C@H](O)[C@@H](NC(=O)C(C)(C)C)c4ccccc4)C[C@@](O)([C@@H](OC(=O)c4ccccc4)[C@H]21)C3(C)C. The molecule has 0 spiro atoms. The summed E-state index contributed by atoms with van der Waals surface area (Å²) in [7, 11) is 0. The number of aliphatic hydroxyl groups is 3. The molecule has 2 bridgehead atoms. The number of carbonyl (C=O) groups excluding carboxylic acids is 5. The van der Waals surface area contributed by atoms with E-state index in [0.717, 1.165) is 0 Å². The highest BCUT2D eigenvalue weighted by Gasteiger charge is 2.78. The summed E-state index contributed by atoms with van der Waals surface area (Å²) >= 11 is 0. The van der Waals surface area contributed by atoms with Crippen LogP contribution >= 0.6 is 0 Å². The van der Waals surface area contributed by atoms with Crippen molar-refractivity contribution in [2.45, 2.75) is 122 Å². The Bertz CT molecular complexity index is 2130. The molecule has 3 aliphatic carbocycles. The molecular formula is C48H62N2O14. The van der Waals surface area contributed by atoms with Crippen LogP contribution in [0.15, 0.2) is 71.8 Å². The van der Waals surface area contributed by atoms with E-state index in [1.807, 2.05) is 4.90 Å². The zero-order valence-corrected chi connectivity index (χ0v) is 37.8. The van der Waals surface area contributed by atoms with E-state index >= 15 is 4.79 Å². The smallest absolute Gasteiger partial charge is 0.338 e. The van der Waals surface area contributed by atoms with E-state index in [9.17, 15) is 34.5 Å². The Balaban J connectivity index is 1.40. The number of ether oxygens (including phenoxy) is 6. The molecular weight excluding hydrogens is 829 g/mol. The molecule has 16 nitrogen and oxygen atoms in total. The Kier molecular flexibility index (Phi) is 13.1. The maximum atomic E-state index is 15.9. The van der Waals surface area contributed by atoms with Crippen LogP contribution in [0.1, 0.15) is 90.2 Å². The Morgan fingerprint density at radius 1 is 0.969 bits per heavy atom. The first-order valence-electron chi connectivity index (χ1n) is 22.0. The molecule has 2 aliphatic heterocycles. The molecule has 4 N–H and O–H groups in total. The molecule has 2 aromatic carbocycles. The van der Waals surface area contributed by atoms with E-state index in [1.165, 1.54) is 26.0 Å². The third-order valence-electron chi connectivity index (χ3n) is 14.4. The molecule has 0 unspecified atom stereocenters. The van der Waals surface area contributed by atoms with Crippen LogP contribution in [0.25, 0.3) is 0 Å². The predicted molar refractivity (Wildman–Crippen MR) is 228 cm³/mol. The van der Waals surface area contributed by atoms with Gasteiger partial charge in [-0.15, -0.1) is 0 Å². The maximum absolute atomic E-state index is 15.9. The average molecular weight is 891 g/mol. The highest BCUT2D eigenvalue weighted by atomic mass is 16.6. The number of nitrogens with one attached hydrogen (secondary N) is 1. The lowest BCUT2D eigenvalue weighted by Crippen LogP contribution is -2.82. The molecule has 1 amide bonds. The largest absolute Gasteiger partial charge is 0.456 e. The third kappa shape index (κ3) is 8.20. The first-order chi connectivity index (χ1) is 30.1. The van der Waals surface area contributed by atoms with Crippen LogP contribution in [0.3, 0.4) is 0 Å². The van der Waals surface area contributed by atoms with Crippen molar-refractivity contribution in [3.63, 3.8) is 0 Å². The van der Waals surface area contributed by atoms with Crippen LogP contribution in [0.2, 0.25) is 0 Å². The van der Waals surface area contributed by atoms with Crippen LogP contribution < -0.4 is 5.32 Å². The van der Waals surface area contributed by atoms with Gasteiger partial charge in [0.2, 0.25) is 5.91 Å². The number of hydrogen-bond donors (Lipinski definition) is 4. The van der Waals surface area contributed by atoms with Gasteiger partial charge in [0.05, 0.1) is 48.9 Å². The zero-order chi connectivity index (χ0) is 46.6. The number of hydrogen-bond acceptors (Lipinski definition) is 15. The van der Waals surface area contributed by atoms with E-state index in [4.69, 9.17) is 28.4 Å². The molecule has 7 rings (SSSR count). The standard InChI is InChI=1S/C48H62N2O14/c1-27-31(62-42(56)36(53)35(29-15-11-9-12-16-29)49-43(57)44(3,4)5)24-48(58)40(63-41(55)30-17-13-10-14-18-30)38-46(8,32(52)23-33-47(38,25-60-33)64-28(2)51)39(54)37(34(27)45(48,6)7)61-26-50-19-21-59-22-20-50/h9-18,31-33,35-38,40,52-53,58H,19-26H2,1-8H3,(H,49,57)/t31-,32-,33+,35-,36+,37+,38-,40-,46+,47-,48+/m0/s1. The number of ketones is 1. The minimum absolute atomic E-state index is 0.0649. The third-order valence-corrected chi connectivity index (χ3v) is 14.4. The number of rotatable bonds is 11. The van der Waals surface area contributed by atoms with Gasteiger partial charge in [-0.3, -0.25) is 19.3 Å². The van der Waals surface area contributed by atoms with Crippen molar-refractivity contribution in [1.82, 2.24) is 10.2 Å². The normalized spacial score (nSPS) is 33.5. The Morgan fingerprint density at radius 2 is 1.59 bits per heavy atom. The topological polar surface area (TPSA) is 217 Å². The van der Waals surface area contributed by atoms with Gasteiger partial charge in [-0.2, -0.15) is 0 Å². The van der Waals surface area contributed by atoms with Crippen LogP contribution in [0.4, 0.5) is 0 Å². The fraction of sp³-hybridized carbons (Fsp3) is 0.604. The Morgan fingerprint density at radius 3 is 2.17 bits per heavy atom. The maximum Gasteiger partial charge on any atom is 0.338 e. The van der Waals surface area contributed by atoms with Crippen LogP contribution in [-0.2, 0) is 47.6 Å². The number of esters is 3. The molecule has 348 valence electrons. The van der Waals surface area contributed by atoms with Crippen LogP contribution in [-0.4, -0.2) is 137 Å². The van der Waals surface area contributed by atoms with Gasteiger partial charge in [0, 0.05) is 43.7 Å². The van der Waals surface area contributed by atoms with E-state index in [1.54, 1.807) is 90.1 Å². The van der Waals surface area contributed by atoms with Crippen molar-refractivity contribution in [2.24, 2.45) is 22.2 Å². The fourth-order valence-corrected chi connectivity index (χ4v) is 10.5. The van der Waals surface area contributed by atoms with Gasteiger partial charge in [-0.1, -0.05) is 83.1 Å². The first-order valence-corrected chi connectivity index (χ1v) is 22.0. The monoisotopic (exact) mass is 890 g/mol. The summed E-state index contributed by atoms with van der Waals surface area (Å²) in [6.07, 6.45) is -9.62. The van der Waals surface area contributed by atoms with E-state index in [2.05, 4.69) is 5.32 Å². The molecule has 2 saturated carbocycles. The zero-order valence-electron chi connectivity index (χ0n) is 37.8. The molecule has 0 aromatic heterocycles. The number of aliphatic hydroxyl groups excluding tert-OH is 2. The van der Waals surface area contributed by atoms with Crippen molar-refractivity contribution in [1.29, 1.82) is 0 Å². The molecule has 11 atom stereocenters. The molecule has 2 heterocycles. The van der Waals surface area contributed by atoms with Gasteiger partial charge in [-0.25, -0.2) is 9.59 Å². The van der Waals surface area contributed by atoms with Gasteiger partial charge in [0.1, 0.15) is 36.7 Å². The van der Waals surface area contributed by atoms with E-state index < -0.39 is 112 Å². The molecule has 2 aromatic rings. The highest BCUT2D eigenvalue weighted by Crippen LogP contribution is 2.64. The molecule has 16 heteroatoms. The number of morpholine rings is 1. The highest BCUT2D eigenvalue weighted by molar-refractivity contribution is 5.94. The van der Waals surface area contributed by atoms with E-state index in [-0.39, 0.29) is 30.9 Å². The number of Topliss-reactive ketones (excluding diaryl/α,β-unsaturated/α-hetero) is 1. The molecule has 0 radical (unpaired) electrons. The van der Waals surface area contributed by atoms with Gasteiger partial charge in [0.15, 0.2) is 17.5 Å². The molecule has 2 saturated heterocycles. The van der Waals surface area contributed by atoms with Crippen molar-refractivity contribution >= 4 is 29.6 Å². The predicted octanol–water partition coefficient (Wildman–Crippen LogP) is 3.21. The summed E-state index contributed by atoms with van der Waals surface area (Å²) in [4.78, 5) is 73.1. The Labute approximate surface area is 373 Å². The fourth-order valence-electron chi connectivity index (χ4n) is 10.5. The number of carbonyl (C=O) groups is 5. The second-order valence-electron chi connectivity index (χ2n) is 19.7.